The van der Waals surface area contributed by atoms with Crippen molar-refractivity contribution in [2.24, 2.45) is 0 Å². The van der Waals surface area contributed by atoms with Crippen LogP contribution >= 0.6 is 42.5 Å². The van der Waals surface area contributed by atoms with Crippen LogP contribution in [0.1, 0.15) is 0 Å². The first-order valence-corrected chi connectivity index (χ1v) is 10.3. The number of nitrogens with one attached hydrogen (secondary N) is 1. The van der Waals surface area contributed by atoms with Gasteiger partial charge in [0.15, 0.2) is 11.5 Å². The topological polar surface area (TPSA) is 47.6 Å². The van der Waals surface area contributed by atoms with Crippen molar-refractivity contribution >= 4 is 48.2 Å². The molecule has 0 spiro atoms. The molecule has 0 fully saturated rings. The van der Waals surface area contributed by atoms with Crippen molar-refractivity contribution in [1.29, 1.82) is 0 Å². The van der Waals surface area contributed by atoms with Crippen LogP contribution in [0.5, 0.6) is 11.5 Å². The van der Waals surface area contributed by atoms with Gasteiger partial charge in [0.1, 0.15) is 5.82 Å². The van der Waals surface area contributed by atoms with E-state index in [1.807, 2.05) is 0 Å². The summed E-state index contributed by atoms with van der Waals surface area (Å²) in [6, 6.07) is 16.6. The third-order valence-electron chi connectivity index (χ3n) is 3.30. The fourth-order valence-electron chi connectivity index (χ4n) is 2.09. The highest BCUT2D eigenvalue weighted by molar-refractivity contribution is 7.56. The third kappa shape index (κ3) is 5.08. The Kier molecular flexibility index (Phi) is 6.18. The molecule has 27 heavy (non-hydrogen) atoms. The van der Waals surface area contributed by atoms with E-state index in [0.29, 0.717) is 0 Å². The van der Waals surface area contributed by atoms with Gasteiger partial charge >= 0.3 is 7.75 Å². The first kappa shape index (κ1) is 19.8. The number of halogens is 4. The van der Waals surface area contributed by atoms with Gasteiger partial charge in [0.25, 0.3) is 0 Å². The molecule has 0 aliphatic carbocycles. The molecule has 0 saturated heterocycles. The molecule has 0 bridgehead atoms. The molecular formula is C18H12Cl3FNO3P. The van der Waals surface area contributed by atoms with Gasteiger partial charge in [0, 0.05) is 5.02 Å². The Bertz CT molecular complexity index is 967. The van der Waals surface area contributed by atoms with Crippen LogP contribution in [0.25, 0.3) is 0 Å². The summed E-state index contributed by atoms with van der Waals surface area (Å²) in [4.78, 5) is 0. The van der Waals surface area contributed by atoms with Gasteiger partial charge in [0.2, 0.25) is 0 Å². The van der Waals surface area contributed by atoms with Gasteiger partial charge in [-0.3, -0.25) is 5.09 Å². The Labute approximate surface area is 170 Å². The average molecular weight is 447 g/mol. The molecule has 0 aromatic heterocycles. The zero-order valence-corrected chi connectivity index (χ0v) is 16.7. The summed E-state index contributed by atoms with van der Waals surface area (Å²) in [5.41, 5.74) is -0.123. The quantitative estimate of drug-likeness (QED) is 0.399. The standard InChI is InChI=1S/C18H12Cl3FNO3P/c19-12-9-10-16(15(22)11-12)23-27(24,25-17-7-3-1-5-13(17)20)26-18-8-4-2-6-14(18)21/h1-11H,(H,23,24). The summed E-state index contributed by atoms with van der Waals surface area (Å²) >= 11 is 17.9. The zero-order chi connectivity index (χ0) is 19.4. The maximum absolute atomic E-state index is 14.2. The minimum Gasteiger partial charge on any atom is -0.399 e. The molecule has 0 unspecified atom stereocenters. The monoisotopic (exact) mass is 445 g/mol. The Hall–Kier alpha value is -1.91. The van der Waals surface area contributed by atoms with Crippen molar-refractivity contribution in [3.8, 4) is 11.5 Å². The minimum absolute atomic E-state index is 0.0939. The lowest BCUT2D eigenvalue weighted by molar-refractivity contribution is 0.392. The Morgan fingerprint density at radius 1 is 0.815 bits per heavy atom. The van der Waals surface area contributed by atoms with Crippen molar-refractivity contribution in [2.75, 3.05) is 5.09 Å². The van der Waals surface area contributed by atoms with Gasteiger partial charge in [-0.15, -0.1) is 0 Å². The van der Waals surface area contributed by atoms with Crippen molar-refractivity contribution < 1.29 is 18.0 Å². The second kappa shape index (κ2) is 8.41. The fraction of sp³-hybridized carbons (Fsp3) is 0. The molecule has 0 radical (unpaired) electrons. The van der Waals surface area contributed by atoms with Gasteiger partial charge in [-0.2, -0.15) is 0 Å². The molecule has 0 atom stereocenters. The molecule has 3 aromatic rings. The van der Waals surface area contributed by atoms with Gasteiger partial charge < -0.3 is 9.05 Å². The first-order valence-electron chi connectivity index (χ1n) is 7.58. The van der Waals surface area contributed by atoms with Crippen LogP contribution in [0.15, 0.2) is 66.7 Å². The van der Waals surface area contributed by atoms with E-state index in [1.165, 1.54) is 24.3 Å². The number of anilines is 1. The molecular weight excluding hydrogens is 435 g/mol. The summed E-state index contributed by atoms with van der Waals surface area (Å²) < 4.78 is 38.6. The predicted octanol–water partition coefficient (Wildman–Crippen LogP) is 7.46. The molecule has 0 saturated carbocycles. The number of para-hydroxylation sites is 2. The van der Waals surface area contributed by atoms with Crippen LogP contribution in [-0.4, -0.2) is 0 Å². The van der Waals surface area contributed by atoms with E-state index in [1.54, 1.807) is 36.4 Å². The minimum atomic E-state index is -4.18. The van der Waals surface area contributed by atoms with E-state index < -0.39 is 13.6 Å². The number of hydrogen-bond acceptors (Lipinski definition) is 3. The van der Waals surface area contributed by atoms with Crippen molar-refractivity contribution in [1.82, 2.24) is 0 Å². The highest BCUT2D eigenvalue weighted by Gasteiger charge is 2.31. The summed E-state index contributed by atoms with van der Waals surface area (Å²) in [6.45, 7) is 0. The normalized spacial score (nSPS) is 11.1. The van der Waals surface area contributed by atoms with Crippen LogP contribution < -0.4 is 14.1 Å². The van der Waals surface area contributed by atoms with Crippen LogP contribution in [0.4, 0.5) is 10.1 Å². The molecule has 0 aliphatic heterocycles. The maximum atomic E-state index is 14.2. The molecule has 4 nitrogen and oxygen atoms in total. The lowest BCUT2D eigenvalue weighted by atomic mass is 10.3. The van der Waals surface area contributed by atoms with Gasteiger partial charge in [-0.05, 0) is 42.5 Å². The molecule has 3 aromatic carbocycles. The van der Waals surface area contributed by atoms with Crippen LogP contribution in [0.2, 0.25) is 15.1 Å². The second-order valence-corrected chi connectivity index (χ2v) is 8.11. The highest BCUT2D eigenvalue weighted by atomic mass is 35.5. The Morgan fingerprint density at radius 3 is 1.81 bits per heavy atom. The van der Waals surface area contributed by atoms with Crippen LogP contribution in [-0.2, 0) is 4.57 Å². The number of hydrogen-bond donors (Lipinski definition) is 1. The first-order chi connectivity index (χ1) is 12.9. The number of rotatable bonds is 6. The highest BCUT2D eigenvalue weighted by Crippen LogP contribution is 2.51. The second-order valence-electron chi connectivity index (χ2n) is 5.28. The summed E-state index contributed by atoms with van der Waals surface area (Å²) in [5, 5.41) is 3.06. The van der Waals surface area contributed by atoms with Crippen molar-refractivity contribution in [3.05, 3.63) is 87.6 Å². The molecule has 3 rings (SSSR count). The largest absolute Gasteiger partial charge is 0.541 e. The Morgan fingerprint density at radius 2 is 1.33 bits per heavy atom. The van der Waals surface area contributed by atoms with Gasteiger partial charge in [0.05, 0.1) is 15.7 Å². The predicted molar refractivity (Wildman–Crippen MR) is 107 cm³/mol. The van der Waals surface area contributed by atoms with E-state index in [-0.39, 0.29) is 32.3 Å². The molecule has 0 heterocycles. The van der Waals surface area contributed by atoms with E-state index in [0.717, 1.165) is 6.07 Å². The summed E-state index contributed by atoms with van der Waals surface area (Å²) in [6.07, 6.45) is 0. The molecule has 0 aliphatic rings. The van der Waals surface area contributed by atoms with Crippen LogP contribution in [0, 0.1) is 5.82 Å². The molecule has 1 N–H and O–H groups in total. The van der Waals surface area contributed by atoms with Gasteiger partial charge in [-0.1, -0.05) is 59.1 Å². The van der Waals surface area contributed by atoms with E-state index in [2.05, 4.69) is 5.09 Å². The summed E-state index contributed by atoms with van der Waals surface area (Å²) in [7, 11) is -4.18. The van der Waals surface area contributed by atoms with E-state index in [9.17, 15) is 8.96 Å². The van der Waals surface area contributed by atoms with E-state index >= 15 is 0 Å². The maximum Gasteiger partial charge on any atom is 0.541 e. The lowest BCUT2D eigenvalue weighted by Gasteiger charge is -2.22. The number of benzene rings is 3. The molecule has 9 heteroatoms. The Balaban J connectivity index is 1.98. The fourth-order valence-corrected chi connectivity index (χ4v) is 4.14. The SMILES string of the molecule is O=P(Nc1ccc(Cl)cc1F)(Oc1ccccc1Cl)Oc1ccccc1Cl. The zero-order valence-electron chi connectivity index (χ0n) is 13.5. The summed E-state index contributed by atoms with van der Waals surface area (Å²) in [5.74, 6) is -0.541. The molecule has 140 valence electrons. The van der Waals surface area contributed by atoms with Crippen molar-refractivity contribution in [2.45, 2.75) is 0 Å². The van der Waals surface area contributed by atoms with E-state index in [4.69, 9.17) is 43.9 Å². The molecule has 0 amide bonds. The third-order valence-corrected chi connectivity index (χ3v) is 5.55. The smallest absolute Gasteiger partial charge is 0.399 e. The van der Waals surface area contributed by atoms with Crippen molar-refractivity contribution in [3.63, 3.8) is 0 Å². The average Bonchev–Trinajstić information content (AvgIpc) is 2.62. The van der Waals surface area contributed by atoms with Crippen LogP contribution in [0.3, 0.4) is 0 Å². The van der Waals surface area contributed by atoms with Gasteiger partial charge in [-0.25, -0.2) is 8.96 Å². The lowest BCUT2D eigenvalue weighted by Crippen LogP contribution is -2.11.